The maximum absolute atomic E-state index is 11.1. The van der Waals surface area contributed by atoms with Crippen molar-refractivity contribution in [1.82, 2.24) is 0 Å². The molecule has 2 aromatic carbocycles. The maximum Gasteiger partial charge on any atom is 0.335 e. The van der Waals surface area contributed by atoms with Gasteiger partial charge in [0, 0.05) is 0 Å². The number of aryl methyl sites for hydroxylation is 1. The fourth-order valence-corrected chi connectivity index (χ4v) is 2.31. The molecule has 2 aromatic rings. The van der Waals surface area contributed by atoms with Gasteiger partial charge in [0.1, 0.15) is 0 Å². The van der Waals surface area contributed by atoms with Crippen LogP contribution in [0.15, 0.2) is 42.5 Å². The topological polar surface area (TPSA) is 37.3 Å². The van der Waals surface area contributed by atoms with Crippen molar-refractivity contribution in [2.45, 2.75) is 33.1 Å². The molecule has 1 atom stereocenters. The summed E-state index contributed by atoms with van der Waals surface area (Å²) >= 11 is 0. The third kappa shape index (κ3) is 3.08. The van der Waals surface area contributed by atoms with E-state index in [0.29, 0.717) is 11.5 Å². The molecule has 0 spiro atoms. The molecule has 0 bridgehead atoms. The molecule has 20 heavy (non-hydrogen) atoms. The third-order valence-electron chi connectivity index (χ3n) is 3.75. The van der Waals surface area contributed by atoms with Crippen molar-refractivity contribution in [2.75, 3.05) is 0 Å². The molecule has 0 aliphatic heterocycles. The summed E-state index contributed by atoms with van der Waals surface area (Å²) in [5, 5.41) is 9.13. The highest BCUT2D eigenvalue weighted by Gasteiger charge is 2.08. The average Bonchev–Trinajstić information content (AvgIpc) is 2.46. The Morgan fingerprint density at radius 1 is 1.10 bits per heavy atom. The van der Waals surface area contributed by atoms with Crippen LogP contribution in [0.3, 0.4) is 0 Å². The standard InChI is InChI=1S/C18H20O2/c1-4-13(3)14-5-7-15(8-6-14)16-9-12(2)10-17(11-16)18(19)20/h5-11,13H,4H2,1-3H3,(H,19,20). The Bertz CT molecular complexity index is 612. The van der Waals surface area contributed by atoms with Crippen molar-refractivity contribution in [1.29, 1.82) is 0 Å². The Kier molecular flexibility index (Phi) is 4.23. The fourth-order valence-electron chi connectivity index (χ4n) is 2.31. The Balaban J connectivity index is 2.39. The first-order valence-electron chi connectivity index (χ1n) is 6.96. The Hall–Kier alpha value is -2.09. The van der Waals surface area contributed by atoms with E-state index < -0.39 is 5.97 Å². The predicted molar refractivity (Wildman–Crippen MR) is 82.3 cm³/mol. The van der Waals surface area contributed by atoms with Crippen LogP contribution in [0.5, 0.6) is 0 Å². The van der Waals surface area contributed by atoms with E-state index in [0.717, 1.165) is 23.1 Å². The lowest BCUT2D eigenvalue weighted by molar-refractivity contribution is 0.0697. The van der Waals surface area contributed by atoms with Crippen LogP contribution in [0.4, 0.5) is 0 Å². The summed E-state index contributed by atoms with van der Waals surface area (Å²) in [6.07, 6.45) is 1.12. The van der Waals surface area contributed by atoms with Crippen molar-refractivity contribution in [3.05, 3.63) is 59.2 Å². The second-order valence-corrected chi connectivity index (χ2v) is 5.32. The number of benzene rings is 2. The second kappa shape index (κ2) is 5.91. The van der Waals surface area contributed by atoms with Gasteiger partial charge < -0.3 is 5.11 Å². The molecule has 0 fully saturated rings. The molecule has 0 saturated carbocycles. The van der Waals surface area contributed by atoms with Gasteiger partial charge in [-0.2, -0.15) is 0 Å². The van der Waals surface area contributed by atoms with Gasteiger partial charge in [-0.3, -0.25) is 0 Å². The first-order valence-corrected chi connectivity index (χ1v) is 6.96. The number of carboxylic acid groups (broad SMARTS) is 1. The highest BCUT2D eigenvalue weighted by atomic mass is 16.4. The van der Waals surface area contributed by atoms with Crippen molar-refractivity contribution in [2.24, 2.45) is 0 Å². The zero-order valence-electron chi connectivity index (χ0n) is 12.2. The van der Waals surface area contributed by atoms with Gasteiger partial charge in [0.25, 0.3) is 0 Å². The zero-order chi connectivity index (χ0) is 14.7. The van der Waals surface area contributed by atoms with E-state index in [2.05, 4.69) is 38.1 Å². The molecule has 2 heteroatoms. The van der Waals surface area contributed by atoms with Gasteiger partial charge in [0.15, 0.2) is 0 Å². The number of rotatable bonds is 4. The lowest BCUT2D eigenvalue weighted by Crippen LogP contribution is -1.97. The van der Waals surface area contributed by atoms with Gasteiger partial charge in [-0.05, 0) is 53.6 Å². The van der Waals surface area contributed by atoms with Crippen LogP contribution >= 0.6 is 0 Å². The van der Waals surface area contributed by atoms with Gasteiger partial charge in [-0.15, -0.1) is 0 Å². The minimum Gasteiger partial charge on any atom is -0.478 e. The molecular weight excluding hydrogens is 248 g/mol. The molecule has 2 nitrogen and oxygen atoms in total. The maximum atomic E-state index is 11.1. The Labute approximate surface area is 120 Å². The number of hydrogen-bond donors (Lipinski definition) is 1. The summed E-state index contributed by atoms with van der Waals surface area (Å²) in [7, 11) is 0. The highest BCUT2D eigenvalue weighted by Crippen LogP contribution is 2.26. The molecule has 0 heterocycles. The number of carboxylic acids is 1. The van der Waals surface area contributed by atoms with Gasteiger partial charge >= 0.3 is 5.97 Å². The lowest BCUT2D eigenvalue weighted by atomic mass is 9.95. The molecule has 0 radical (unpaired) electrons. The average molecular weight is 268 g/mol. The molecule has 0 aliphatic rings. The lowest BCUT2D eigenvalue weighted by Gasteiger charge is -2.10. The SMILES string of the molecule is CCC(C)c1ccc(-c2cc(C)cc(C(=O)O)c2)cc1. The summed E-state index contributed by atoms with van der Waals surface area (Å²) < 4.78 is 0. The Morgan fingerprint density at radius 3 is 2.30 bits per heavy atom. The van der Waals surface area contributed by atoms with Gasteiger partial charge in [0.2, 0.25) is 0 Å². The van der Waals surface area contributed by atoms with Gasteiger partial charge in [-0.25, -0.2) is 4.79 Å². The fraction of sp³-hybridized carbons (Fsp3) is 0.278. The van der Waals surface area contributed by atoms with Crippen molar-refractivity contribution < 1.29 is 9.90 Å². The Morgan fingerprint density at radius 2 is 1.75 bits per heavy atom. The van der Waals surface area contributed by atoms with Crippen LogP contribution in [0.2, 0.25) is 0 Å². The number of hydrogen-bond acceptors (Lipinski definition) is 1. The van der Waals surface area contributed by atoms with Crippen LogP contribution in [0.25, 0.3) is 11.1 Å². The first-order chi connectivity index (χ1) is 9.51. The van der Waals surface area contributed by atoms with Crippen LogP contribution < -0.4 is 0 Å². The molecule has 0 aromatic heterocycles. The summed E-state index contributed by atoms with van der Waals surface area (Å²) in [5.41, 5.74) is 4.64. The normalized spacial score (nSPS) is 12.2. The van der Waals surface area contributed by atoms with Crippen LogP contribution in [0.1, 0.15) is 47.7 Å². The van der Waals surface area contributed by atoms with E-state index in [9.17, 15) is 4.79 Å². The van der Waals surface area contributed by atoms with E-state index in [-0.39, 0.29) is 0 Å². The van der Waals surface area contributed by atoms with E-state index >= 15 is 0 Å². The van der Waals surface area contributed by atoms with E-state index in [4.69, 9.17) is 5.11 Å². The zero-order valence-corrected chi connectivity index (χ0v) is 12.2. The molecule has 2 rings (SSSR count). The quantitative estimate of drug-likeness (QED) is 0.858. The molecular formula is C18H20O2. The second-order valence-electron chi connectivity index (χ2n) is 5.32. The summed E-state index contributed by atoms with van der Waals surface area (Å²) in [5.74, 6) is -0.331. The van der Waals surface area contributed by atoms with E-state index in [1.807, 2.05) is 13.0 Å². The highest BCUT2D eigenvalue weighted by molar-refractivity contribution is 5.89. The van der Waals surface area contributed by atoms with Crippen LogP contribution in [-0.2, 0) is 0 Å². The molecule has 1 unspecified atom stereocenters. The minimum absolute atomic E-state index is 0.339. The van der Waals surface area contributed by atoms with E-state index in [1.54, 1.807) is 12.1 Å². The number of aromatic carboxylic acids is 1. The third-order valence-corrected chi connectivity index (χ3v) is 3.75. The smallest absolute Gasteiger partial charge is 0.335 e. The van der Waals surface area contributed by atoms with E-state index in [1.165, 1.54) is 5.56 Å². The molecule has 0 saturated heterocycles. The van der Waals surface area contributed by atoms with Crippen LogP contribution in [-0.4, -0.2) is 11.1 Å². The minimum atomic E-state index is -0.883. The monoisotopic (exact) mass is 268 g/mol. The van der Waals surface area contributed by atoms with Gasteiger partial charge in [-0.1, -0.05) is 44.2 Å². The van der Waals surface area contributed by atoms with Gasteiger partial charge in [0.05, 0.1) is 5.56 Å². The van der Waals surface area contributed by atoms with Crippen molar-refractivity contribution in [3.63, 3.8) is 0 Å². The molecule has 1 N–H and O–H groups in total. The largest absolute Gasteiger partial charge is 0.478 e. The molecule has 0 aliphatic carbocycles. The van der Waals surface area contributed by atoms with Crippen molar-refractivity contribution in [3.8, 4) is 11.1 Å². The van der Waals surface area contributed by atoms with Crippen molar-refractivity contribution >= 4 is 5.97 Å². The van der Waals surface area contributed by atoms with Crippen LogP contribution in [0, 0.1) is 6.92 Å². The summed E-state index contributed by atoms with van der Waals surface area (Å²) in [4.78, 5) is 11.1. The number of carbonyl (C=O) groups is 1. The molecule has 104 valence electrons. The summed E-state index contributed by atoms with van der Waals surface area (Å²) in [6.45, 7) is 6.31. The predicted octanol–water partition coefficient (Wildman–Crippen LogP) is 4.87. The first kappa shape index (κ1) is 14.3. The molecule has 0 amide bonds. The summed E-state index contributed by atoms with van der Waals surface area (Å²) in [6, 6.07) is 13.8.